The van der Waals surface area contributed by atoms with E-state index < -0.39 is 0 Å². The Morgan fingerprint density at radius 2 is 2.00 bits per heavy atom. The van der Waals surface area contributed by atoms with E-state index in [1.807, 2.05) is 12.5 Å². The molecule has 0 aromatic heterocycles. The third-order valence-electron chi connectivity index (χ3n) is 2.19. The first-order valence-corrected chi connectivity index (χ1v) is 4.35. The fourth-order valence-corrected chi connectivity index (χ4v) is 2.01. The number of hydrogen-bond donors (Lipinski definition) is 0. The minimum absolute atomic E-state index is 0.280. The standard InChI is InChI=1S/C10H18N2/c1-8-6-11-7-12(5)9(8)10(2,3)4/h6-7,9H,1-5H3. The number of nitrogens with zero attached hydrogens (tertiary/aromatic N) is 2. The van der Waals surface area contributed by atoms with Crippen LogP contribution in [0.25, 0.3) is 0 Å². The number of rotatable bonds is 0. The Bertz CT molecular complexity index is 220. The molecule has 0 aliphatic carbocycles. The highest BCUT2D eigenvalue weighted by Crippen LogP contribution is 2.29. The number of likely N-dealkylation sites (N-methyl/N-ethyl adjacent to an activating group) is 1. The van der Waals surface area contributed by atoms with Crippen molar-refractivity contribution in [2.75, 3.05) is 7.05 Å². The summed E-state index contributed by atoms with van der Waals surface area (Å²) in [5.74, 6) is 0. The normalized spacial score (nSPS) is 24.2. The van der Waals surface area contributed by atoms with E-state index >= 15 is 0 Å². The zero-order valence-electron chi connectivity index (χ0n) is 8.63. The van der Waals surface area contributed by atoms with Crippen molar-refractivity contribution in [3.05, 3.63) is 11.8 Å². The molecule has 0 spiro atoms. The zero-order valence-corrected chi connectivity index (χ0v) is 8.63. The van der Waals surface area contributed by atoms with E-state index in [0.29, 0.717) is 6.04 Å². The molecule has 1 aliphatic heterocycles. The van der Waals surface area contributed by atoms with Gasteiger partial charge < -0.3 is 4.90 Å². The lowest BCUT2D eigenvalue weighted by atomic mass is 9.82. The first-order chi connectivity index (χ1) is 5.43. The molecule has 1 atom stereocenters. The van der Waals surface area contributed by atoms with Crippen LogP contribution in [0.3, 0.4) is 0 Å². The van der Waals surface area contributed by atoms with Gasteiger partial charge in [0, 0.05) is 13.2 Å². The molecule has 0 radical (unpaired) electrons. The van der Waals surface area contributed by atoms with Crippen LogP contribution in [0.1, 0.15) is 27.7 Å². The first kappa shape index (κ1) is 9.30. The maximum atomic E-state index is 4.14. The smallest absolute Gasteiger partial charge is 0.0907 e. The van der Waals surface area contributed by atoms with Crippen molar-refractivity contribution in [3.63, 3.8) is 0 Å². The molecule has 12 heavy (non-hydrogen) atoms. The third-order valence-corrected chi connectivity index (χ3v) is 2.19. The molecule has 0 N–H and O–H groups in total. The van der Waals surface area contributed by atoms with Gasteiger partial charge in [0.1, 0.15) is 0 Å². The van der Waals surface area contributed by atoms with Crippen molar-refractivity contribution in [1.82, 2.24) is 4.90 Å². The predicted molar refractivity (Wildman–Crippen MR) is 53.3 cm³/mol. The zero-order chi connectivity index (χ0) is 9.35. The van der Waals surface area contributed by atoms with E-state index in [1.54, 1.807) is 0 Å². The fraction of sp³-hybridized carbons (Fsp3) is 0.700. The van der Waals surface area contributed by atoms with Gasteiger partial charge in [-0.1, -0.05) is 20.8 Å². The molecule has 0 saturated carbocycles. The van der Waals surface area contributed by atoms with Crippen LogP contribution in [-0.4, -0.2) is 24.3 Å². The van der Waals surface area contributed by atoms with Crippen molar-refractivity contribution in [3.8, 4) is 0 Å². The molecular weight excluding hydrogens is 148 g/mol. The average Bonchev–Trinajstić information content (AvgIpc) is 1.82. The van der Waals surface area contributed by atoms with Gasteiger partial charge in [-0.15, -0.1) is 0 Å². The summed E-state index contributed by atoms with van der Waals surface area (Å²) in [5, 5.41) is 0. The van der Waals surface area contributed by atoms with Gasteiger partial charge in [-0.3, -0.25) is 0 Å². The molecule has 1 aliphatic rings. The van der Waals surface area contributed by atoms with Crippen molar-refractivity contribution in [2.45, 2.75) is 33.7 Å². The minimum atomic E-state index is 0.280. The second kappa shape index (κ2) is 2.92. The second-order valence-corrected chi connectivity index (χ2v) is 4.57. The van der Waals surface area contributed by atoms with Crippen molar-refractivity contribution in [1.29, 1.82) is 0 Å². The molecule has 1 heterocycles. The van der Waals surface area contributed by atoms with Gasteiger partial charge in [-0.2, -0.15) is 0 Å². The van der Waals surface area contributed by atoms with Crippen molar-refractivity contribution in [2.24, 2.45) is 10.4 Å². The number of aliphatic imine (C=N–C) groups is 1. The third kappa shape index (κ3) is 1.68. The van der Waals surface area contributed by atoms with E-state index in [2.05, 4.69) is 44.6 Å². The molecule has 2 nitrogen and oxygen atoms in total. The molecule has 68 valence electrons. The van der Waals surface area contributed by atoms with Crippen molar-refractivity contribution < 1.29 is 0 Å². The summed E-state index contributed by atoms with van der Waals surface area (Å²) in [6, 6.07) is 0.481. The van der Waals surface area contributed by atoms with Crippen LogP contribution in [0.5, 0.6) is 0 Å². The van der Waals surface area contributed by atoms with E-state index in [4.69, 9.17) is 0 Å². The fourth-order valence-electron chi connectivity index (χ4n) is 2.01. The van der Waals surface area contributed by atoms with Crippen LogP contribution < -0.4 is 0 Å². The molecule has 0 fully saturated rings. The molecule has 0 bridgehead atoms. The summed E-state index contributed by atoms with van der Waals surface area (Å²) in [6.45, 7) is 8.91. The van der Waals surface area contributed by atoms with Gasteiger partial charge in [0.05, 0.1) is 12.4 Å². The van der Waals surface area contributed by atoms with E-state index in [1.165, 1.54) is 5.57 Å². The molecule has 0 aromatic carbocycles. The molecule has 1 rings (SSSR count). The molecular formula is C10H18N2. The Kier molecular flexibility index (Phi) is 2.27. The maximum Gasteiger partial charge on any atom is 0.0907 e. The van der Waals surface area contributed by atoms with E-state index in [0.717, 1.165) is 0 Å². The monoisotopic (exact) mass is 166 g/mol. The predicted octanol–water partition coefficient (Wildman–Crippen LogP) is 2.28. The van der Waals surface area contributed by atoms with Crippen LogP contribution in [0.15, 0.2) is 16.8 Å². The Morgan fingerprint density at radius 1 is 1.42 bits per heavy atom. The Balaban J connectivity index is 2.90. The highest BCUT2D eigenvalue weighted by Gasteiger charge is 2.29. The lowest BCUT2D eigenvalue weighted by molar-refractivity contribution is 0.225. The van der Waals surface area contributed by atoms with Crippen LogP contribution in [0.4, 0.5) is 0 Å². The van der Waals surface area contributed by atoms with Crippen molar-refractivity contribution >= 4 is 6.34 Å². The Morgan fingerprint density at radius 3 is 2.33 bits per heavy atom. The second-order valence-electron chi connectivity index (χ2n) is 4.57. The summed E-state index contributed by atoms with van der Waals surface area (Å²) in [4.78, 5) is 6.32. The van der Waals surface area contributed by atoms with Crippen LogP contribution in [0, 0.1) is 5.41 Å². The summed E-state index contributed by atoms with van der Waals surface area (Å²) >= 11 is 0. The van der Waals surface area contributed by atoms with Crippen LogP contribution in [0.2, 0.25) is 0 Å². The minimum Gasteiger partial charge on any atom is -0.358 e. The topological polar surface area (TPSA) is 15.6 Å². The SMILES string of the molecule is CC1=CN=CN(C)C1C(C)(C)C. The van der Waals surface area contributed by atoms with Crippen LogP contribution in [-0.2, 0) is 0 Å². The molecule has 2 heteroatoms. The quantitative estimate of drug-likeness (QED) is 0.539. The maximum absolute atomic E-state index is 4.14. The summed E-state index contributed by atoms with van der Waals surface area (Å²) in [5.41, 5.74) is 1.62. The van der Waals surface area contributed by atoms with Gasteiger partial charge in [0.2, 0.25) is 0 Å². The Labute approximate surface area is 75.0 Å². The van der Waals surface area contributed by atoms with Gasteiger partial charge in [-0.05, 0) is 17.9 Å². The Hall–Kier alpha value is -0.790. The summed E-state index contributed by atoms with van der Waals surface area (Å²) in [7, 11) is 2.08. The van der Waals surface area contributed by atoms with Crippen LogP contribution >= 0.6 is 0 Å². The molecule has 0 aromatic rings. The van der Waals surface area contributed by atoms with Gasteiger partial charge >= 0.3 is 0 Å². The molecule has 0 saturated heterocycles. The number of hydrogen-bond acceptors (Lipinski definition) is 2. The molecule has 1 unspecified atom stereocenters. The lowest BCUT2D eigenvalue weighted by Crippen LogP contribution is -2.43. The molecule has 0 amide bonds. The highest BCUT2D eigenvalue weighted by atomic mass is 15.2. The summed E-state index contributed by atoms with van der Waals surface area (Å²) < 4.78 is 0. The van der Waals surface area contributed by atoms with E-state index in [9.17, 15) is 0 Å². The van der Waals surface area contributed by atoms with Gasteiger partial charge in [0.25, 0.3) is 0 Å². The van der Waals surface area contributed by atoms with Gasteiger partial charge in [0.15, 0.2) is 0 Å². The van der Waals surface area contributed by atoms with E-state index in [-0.39, 0.29) is 5.41 Å². The first-order valence-electron chi connectivity index (χ1n) is 4.35. The average molecular weight is 166 g/mol. The summed E-state index contributed by atoms with van der Waals surface area (Å²) in [6.07, 6.45) is 3.85. The van der Waals surface area contributed by atoms with Gasteiger partial charge in [-0.25, -0.2) is 4.99 Å². The largest absolute Gasteiger partial charge is 0.358 e. The lowest BCUT2D eigenvalue weighted by Gasteiger charge is -2.39. The highest BCUT2D eigenvalue weighted by molar-refractivity contribution is 5.59.